The van der Waals surface area contributed by atoms with Crippen LogP contribution in [0.15, 0.2) is 235 Å². The lowest BCUT2D eigenvalue weighted by atomic mass is 9.91. The Morgan fingerprint density at radius 2 is 0.852 bits per heavy atom. The number of hydrogen-bond acceptors (Lipinski definition) is 2. The maximum Gasteiger partial charge on any atom is 0.159 e. The lowest BCUT2D eigenvalue weighted by molar-refractivity contribution is 0.669. The number of para-hydroxylation sites is 5. The van der Waals surface area contributed by atoms with E-state index in [2.05, 4.69) is 234 Å². The molecule has 0 N–H and O–H groups in total. The van der Waals surface area contributed by atoms with Crippen molar-refractivity contribution in [2.75, 3.05) is 4.90 Å². The van der Waals surface area contributed by atoms with Gasteiger partial charge in [-0.15, -0.1) is 0 Å². The van der Waals surface area contributed by atoms with Crippen LogP contribution >= 0.6 is 0 Å². The van der Waals surface area contributed by atoms with Gasteiger partial charge in [0.1, 0.15) is 5.58 Å². The highest BCUT2D eigenvalue weighted by atomic mass is 16.3. The Morgan fingerprint density at radius 1 is 0.344 bits per heavy atom. The monoisotopic (exact) mass is 778 g/mol. The van der Waals surface area contributed by atoms with E-state index >= 15 is 0 Å². The van der Waals surface area contributed by atoms with Gasteiger partial charge < -0.3 is 13.9 Å². The highest BCUT2D eigenvalue weighted by Crippen LogP contribution is 2.46. The van der Waals surface area contributed by atoms with Crippen LogP contribution < -0.4 is 4.90 Å². The van der Waals surface area contributed by atoms with E-state index in [1.54, 1.807) is 0 Å². The normalized spacial score (nSPS) is 11.6. The predicted octanol–water partition coefficient (Wildman–Crippen LogP) is 16.3. The Morgan fingerprint density at radius 3 is 1.57 bits per heavy atom. The van der Waals surface area contributed by atoms with Gasteiger partial charge in [0, 0.05) is 38.5 Å². The van der Waals surface area contributed by atoms with E-state index in [0.717, 1.165) is 61.4 Å². The van der Waals surface area contributed by atoms with Crippen LogP contribution in [0, 0.1) is 0 Å². The summed E-state index contributed by atoms with van der Waals surface area (Å²) in [7, 11) is 0. The summed E-state index contributed by atoms with van der Waals surface area (Å²) in [6, 6.07) is 82.8. The largest absolute Gasteiger partial charge is 0.454 e. The van der Waals surface area contributed by atoms with Crippen molar-refractivity contribution in [2.45, 2.75) is 0 Å². The minimum atomic E-state index is 0.853. The van der Waals surface area contributed by atoms with Crippen molar-refractivity contribution in [3.63, 3.8) is 0 Å². The van der Waals surface area contributed by atoms with E-state index < -0.39 is 0 Å². The molecule has 0 aliphatic rings. The minimum Gasteiger partial charge on any atom is -0.454 e. The molecule has 0 saturated carbocycles. The first-order chi connectivity index (χ1) is 30.3. The summed E-state index contributed by atoms with van der Waals surface area (Å²) in [6.07, 6.45) is 0. The van der Waals surface area contributed by atoms with E-state index in [0.29, 0.717) is 0 Å². The van der Waals surface area contributed by atoms with Crippen LogP contribution in [0.3, 0.4) is 0 Å². The number of benzene rings is 10. The third-order valence-corrected chi connectivity index (χ3v) is 12.2. The van der Waals surface area contributed by atoms with Crippen LogP contribution in [0.1, 0.15) is 0 Å². The summed E-state index contributed by atoms with van der Waals surface area (Å²) in [6.45, 7) is 0. The quantitative estimate of drug-likeness (QED) is 0.161. The standard InChI is InChI=1S/C58H38N2O/c1-2-15-39(16-3-1)46-23-12-17-42-18-13-24-47(57(42)46)41-33-37-44(38-34-41)60(55-29-14-25-51-50-22-7-11-30-56(50)61-58(51)55)52-26-8-4-19-45(52)40-31-35-43(36-32-40)59-53-27-9-5-20-48(53)49-21-6-10-28-54(49)59/h1-38H. The Kier molecular flexibility index (Phi) is 8.17. The van der Waals surface area contributed by atoms with Gasteiger partial charge in [-0.1, -0.05) is 176 Å². The van der Waals surface area contributed by atoms with Gasteiger partial charge in [0.15, 0.2) is 5.58 Å². The molecule has 0 atom stereocenters. The molecule has 0 fully saturated rings. The number of furan rings is 1. The lowest BCUT2D eigenvalue weighted by Gasteiger charge is -2.28. The number of aromatic nitrogens is 1. The van der Waals surface area contributed by atoms with Gasteiger partial charge in [-0.25, -0.2) is 0 Å². The van der Waals surface area contributed by atoms with E-state index in [4.69, 9.17) is 4.42 Å². The van der Waals surface area contributed by atoms with Crippen molar-refractivity contribution in [2.24, 2.45) is 0 Å². The second kappa shape index (κ2) is 14.3. The number of fused-ring (bicyclic) bond motifs is 7. The molecule has 0 radical (unpaired) electrons. The van der Waals surface area contributed by atoms with Crippen molar-refractivity contribution < 1.29 is 4.42 Å². The third-order valence-electron chi connectivity index (χ3n) is 12.2. The molecular weight excluding hydrogens is 741 g/mol. The van der Waals surface area contributed by atoms with Crippen molar-refractivity contribution in [1.82, 2.24) is 4.57 Å². The van der Waals surface area contributed by atoms with Gasteiger partial charge in [0.05, 0.1) is 22.4 Å². The molecule has 0 aliphatic carbocycles. The van der Waals surface area contributed by atoms with Crippen LogP contribution in [0.2, 0.25) is 0 Å². The molecule has 0 bridgehead atoms. The summed E-state index contributed by atoms with van der Waals surface area (Å²) in [5.41, 5.74) is 15.4. The Hall–Kier alpha value is -8.14. The predicted molar refractivity (Wildman–Crippen MR) is 257 cm³/mol. The number of rotatable bonds is 7. The molecule has 286 valence electrons. The first-order valence-corrected chi connectivity index (χ1v) is 20.8. The summed E-state index contributed by atoms with van der Waals surface area (Å²) < 4.78 is 9.10. The fourth-order valence-corrected chi connectivity index (χ4v) is 9.45. The molecular formula is C58H38N2O. The average molecular weight is 779 g/mol. The highest BCUT2D eigenvalue weighted by Gasteiger charge is 2.23. The fraction of sp³-hybridized carbons (Fsp3) is 0. The zero-order valence-electron chi connectivity index (χ0n) is 33.2. The molecule has 3 nitrogen and oxygen atoms in total. The Balaban J connectivity index is 1.02. The van der Waals surface area contributed by atoms with Gasteiger partial charge >= 0.3 is 0 Å². The summed E-state index contributed by atoms with van der Waals surface area (Å²) in [5, 5.41) is 7.18. The topological polar surface area (TPSA) is 21.3 Å². The molecule has 0 spiro atoms. The first-order valence-electron chi connectivity index (χ1n) is 20.8. The lowest BCUT2D eigenvalue weighted by Crippen LogP contribution is -2.11. The van der Waals surface area contributed by atoms with Crippen molar-refractivity contribution in [1.29, 1.82) is 0 Å². The molecule has 61 heavy (non-hydrogen) atoms. The summed E-state index contributed by atoms with van der Waals surface area (Å²) >= 11 is 0. The molecule has 0 unspecified atom stereocenters. The smallest absolute Gasteiger partial charge is 0.159 e. The van der Waals surface area contributed by atoms with Crippen molar-refractivity contribution in [3.8, 4) is 39.1 Å². The number of nitrogens with zero attached hydrogens (tertiary/aromatic N) is 2. The van der Waals surface area contributed by atoms with Crippen LogP contribution in [-0.2, 0) is 0 Å². The van der Waals surface area contributed by atoms with E-state index in [1.807, 2.05) is 6.07 Å². The zero-order chi connectivity index (χ0) is 40.3. The fourth-order valence-electron chi connectivity index (χ4n) is 9.45. The Labute approximate surface area is 353 Å². The van der Waals surface area contributed by atoms with Crippen LogP contribution in [0.25, 0.3) is 93.6 Å². The second-order valence-electron chi connectivity index (χ2n) is 15.6. The molecule has 0 amide bonds. The highest BCUT2D eigenvalue weighted by molar-refractivity contribution is 6.12. The first kappa shape index (κ1) is 34.9. The summed E-state index contributed by atoms with van der Waals surface area (Å²) in [4.78, 5) is 2.36. The van der Waals surface area contributed by atoms with Crippen LogP contribution in [0.4, 0.5) is 17.1 Å². The van der Waals surface area contributed by atoms with Gasteiger partial charge in [-0.3, -0.25) is 0 Å². The van der Waals surface area contributed by atoms with Crippen LogP contribution in [-0.4, -0.2) is 4.57 Å². The number of anilines is 3. The van der Waals surface area contributed by atoms with Crippen LogP contribution in [0.5, 0.6) is 0 Å². The molecule has 2 aromatic heterocycles. The minimum absolute atomic E-state index is 0.853. The summed E-state index contributed by atoms with van der Waals surface area (Å²) in [5.74, 6) is 0. The molecule has 2 heterocycles. The maximum atomic E-state index is 6.73. The third kappa shape index (κ3) is 5.74. The molecule has 12 rings (SSSR count). The molecule has 0 saturated heterocycles. The average Bonchev–Trinajstić information content (AvgIpc) is 3.89. The van der Waals surface area contributed by atoms with Gasteiger partial charge in [-0.2, -0.15) is 0 Å². The maximum absolute atomic E-state index is 6.73. The molecule has 10 aromatic carbocycles. The zero-order valence-corrected chi connectivity index (χ0v) is 33.2. The molecule has 3 heteroatoms. The van der Waals surface area contributed by atoms with Gasteiger partial charge in [0.25, 0.3) is 0 Å². The van der Waals surface area contributed by atoms with E-state index in [1.165, 1.54) is 49.3 Å². The second-order valence-corrected chi connectivity index (χ2v) is 15.6. The number of hydrogen-bond donors (Lipinski definition) is 0. The van der Waals surface area contributed by atoms with Crippen molar-refractivity contribution >= 4 is 71.6 Å². The van der Waals surface area contributed by atoms with E-state index in [9.17, 15) is 0 Å². The molecule has 0 aliphatic heterocycles. The van der Waals surface area contributed by atoms with Gasteiger partial charge in [0.2, 0.25) is 0 Å². The van der Waals surface area contributed by atoms with Gasteiger partial charge in [-0.05, 0) is 93.2 Å². The molecule has 12 aromatic rings. The SMILES string of the molecule is c1ccc(-c2cccc3cccc(-c4ccc(N(c5ccccc5-c5ccc(-n6c7ccccc7c7ccccc76)cc5)c5cccc6c5oc5ccccc56)cc4)c23)cc1. The van der Waals surface area contributed by atoms with E-state index in [-0.39, 0.29) is 0 Å². The van der Waals surface area contributed by atoms with Crippen molar-refractivity contribution in [3.05, 3.63) is 231 Å². The Bertz CT molecular complexity index is 3520.